The first-order chi connectivity index (χ1) is 12.5. The van der Waals surface area contributed by atoms with Crippen molar-refractivity contribution in [3.8, 4) is 5.69 Å². The van der Waals surface area contributed by atoms with Crippen molar-refractivity contribution in [3.63, 3.8) is 0 Å². The molecule has 1 aliphatic heterocycles. The third-order valence-corrected chi connectivity index (χ3v) is 4.47. The van der Waals surface area contributed by atoms with Gasteiger partial charge in [0.2, 0.25) is 5.91 Å². The first-order valence-corrected chi connectivity index (χ1v) is 8.75. The molecule has 1 aromatic carbocycles. The van der Waals surface area contributed by atoms with E-state index in [0.29, 0.717) is 11.5 Å². The summed E-state index contributed by atoms with van der Waals surface area (Å²) in [6, 6.07) is 5.14. The Labute approximate surface area is 151 Å². The Bertz CT molecular complexity index is 796. The van der Waals surface area contributed by atoms with Gasteiger partial charge in [-0.2, -0.15) is 4.68 Å². The van der Waals surface area contributed by atoms with Crippen LogP contribution in [0.1, 0.15) is 43.6 Å². The Morgan fingerprint density at radius 2 is 1.81 bits per heavy atom. The van der Waals surface area contributed by atoms with Crippen LogP contribution in [-0.2, 0) is 4.79 Å². The number of piperidine rings is 1. The molecule has 0 radical (unpaired) electrons. The average molecular weight is 359 g/mol. The summed E-state index contributed by atoms with van der Waals surface area (Å²) in [5, 5.41) is 11.0. The molecule has 7 nitrogen and oxygen atoms in total. The number of carbonyl (C=O) groups is 2. The van der Waals surface area contributed by atoms with Gasteiger partial charge in [0.15, 0.2) is 17.3 Å². The van der Waals surface area contributed by atoms with Crippen LogP contribution in [-0.4, -0.2) is 50.7 Å². The second-order valence-electron chi connectivity index (χ2n) is 6.48. The first kappa shape index (κ1) is 18.0. The highest BCUT2D eigenvalue weighted by Crippen LogP contribution is 2.21. The molecular weight excluding hydrogens is 337 g/mol. The molecule has 1 atom stereocenters. The van der Waals surface area contributed by atoms with Crippen molar-refractivity contribution >= 4 is 17.5 Å². The number of aromatic nitrogens is 3. The van der Waals surface area contributed by atoms with Gasteiger partial charge in [-0.3, -0.25) is 9.59 Å². The van der Waals surface area contributed by atoms with E-state index in [0.717, 1.165) is 32.4 Å². The minimum Gasteiger partial charge on any atom is -0.357 e. The van der Waals surface area contributed by atoms with E-state index in [1.807, 2.05) is 4.90 Å². The number of anilines is 1. The predicted octanol–water partition coefficient (Wildman–Crippen LogP) is 2.42. The maximum absolute atomic E-state index is 13.2. The van der Waals surface area contributed by atoms with E-state index in [1.54, 1.807) is 6.92 Å². The van der Waals surface area contributed by atoms with Crippen molar-refractivity contribution in [1.29, 1.82) is 0 Å². The zero-order valence-electron chi connectivity index (χ0n) is 14.9. The molecule has 1 unspecified atom stereocenters. The molecule has 1 N–H and O–H groups in total. The summed E-state index contributed by atoms with van der Waals surface area (Å²) in [6.45, 7) is 4.64. The molecule has 1 fully saturated rings. The largest absolute Gasteiger partial charge is 0.357 e. The number of hydrogen-bond acceptors (Lipinski definition) is 5. The van der Waals surface area contributed by atoms with Gasteiger partial charge in [-0.25, -0.2) is 4.39 Å². The van der Waals surface area contributed by atoms with E-state index in [1.165, 1.54) is 35.9 Å². The Balaban J connectivity index is 1.87. The lowest BCUT2D eigenvalue weighted by atomic mass is 10.1. The predicted molar refractivity (Wildman–Crippen MR) is 94.8 cm³/mol. The molecule has 0 aliphatic carbocycles. The normalized spacial score (nSPS) is 15.6. The van der Waals surface area contributed by atoms with Gasteiger partial charge >= 0.3 is 0 Å². The molecular formula is C18H22FN5O2. The molecule has 8 heteroatoms. The Kier molecular flexibility index (Phi) is 5.29. The third kappa shape index (κ3) is 3.74. The van der Waals surface area contributed by atoms with Crippen molar-refractivity contribution in [1.82, 2.24) is 19.9 Å². The number of nitrogens with zero attached hydrogens (tertiary/aromatic N) is 4. The Morgan fingerprint density at radius 1 is 1.15 bits per heavy atom. The minimum atomic E-state index is -0.538. The van der Waals surface area contributed by atoms with Gasteiger partial charge in [0.25, 0.3) is 0 Å². The second-order valence-corrected chi connectivity index (χ2v) is 6.48. The van der Waals surface area contributed by atoms with Crippen LogP contribution in [0.5, 0.6) is 0 Å². The molecule has 1 saturated heterocycles. The molecule has 1 aliphatic rings. The number of rotatable bonds is 5. The molecule has 0 spiro atoms. The highest BCUT2D eigenvalue weighted by atomic mass is 19.1. The Morgan fingerprint density at radius 3 is 2.42 bits per heavy atom. The van der Waals surface area contributed by atoms with Crippen LogP contribution in [0.4, 0.5) is 10.2 Å². The summed E-state index contributed by atoms with van der Waals surface area (Å²) >= 11 is 0. The number of likely N-dealkylation sites (tertiary alicyclic amines) is 1. The summed E-state index contributed by atoms with van der Waals surface area (Å²) < 4.78 is 14.6. The SMILES string of the molecule is CC(=O)c1nnn(-c2ccc(F)cc2)c1NC(C)C(=O)N1CCCCC1. The molecule has 138 valence electrons. The summed E-state index contributed by atoms with van der Waals surface area (Å²) in [7, 11) is 0. The number of nitrogens with one attached hydrogen (secondary N) is 1. The van der Waals surface area contributed by atoms with Crippen LogP contribution in [0.15, 0.2) is 24.3 Å². The number of benzene rings is 1. The lowest BCUT2D eigenvalue weighted by molar-refractivity contribution is -0.132. The molecule has 1 amide bonds. The lowest BCUT2D eigenvalue weighted by Gasteiger charge is -2.29. The number of halogens is 1. The molecule has 2 aromatic rings. The van der Waals surface area contributed by atoms with E-state index < -0.39 is 6.04 Å². The van der Waals surface area contributed by atoms with Crippen molar-refractivity contribution < 1.29 is 14.0 Å². The molecule has 0 bridgehead atoms. The van der Waals surface area contributed by atoms with Gasteiger partial charge in [0.1, 0.15) is 11.9 Å². The fourth-order valence-corrected chi connectivity index (χ4v) is 3.07. The minimum absolute atomic E-state index is 0.0222. The van der Waals surface area contributed by atoms with E-state index in [4.69, 9.17) is 0 Å². The van der Waals surface area contributed by atoms with Gasteiger partial charge in [0, 0.05) is 20.0 Å². The molecule has 3 rings (SSSR count). The molecule has 1 aromatic heterocycles. The number of hydrogen-bond donors (Lipinski definition) is 1. The summed E-state index contributed by atoms with van der Waals surface area (Å²) in [5.41, 5.74) is 0.694. The summed E-state index contributed by atoms with van der Waals surface area (Å²) in [6.07, 6.45) is 3.15. The van der Waals surface area contributed by atoms with Crippen LogP contribution >= 0.6 is 0 Å². The maximum atomic E-state index is 13.2. The van der Waals surface area contributed by atoms with E-state index in [-0.39, 0.29) is 23.2 Å². The van der Waals surface area contributed by atoms with Crippen molar-refractivity contribution in [2.75, 3.05) is 18.4 Å². The number of ketones is 1. The standard InChI is InChI=1S/C18H22FN5O2/c1-12(18(26)23-10-4-3-5-11-23)20-17-16(13(2)25)21-22-24(17)15-8-6-14(19)7-9-15/h6-9,12,20H,3-5,10-11H2,1-2H3. The Hall–Kier alpha value is -2.77. The van der Waals surface area contributed by atoms with Gasteiger partial charge in [-0.1, -0.05) is 5.21 Å². The topological polar surface area (TPSA) is 80.1 Å². The first-order valence-electron chi connectivity index (χ1n) is 8.75. The number of carbonyl (C=O) groups excluding carboxylic acids is 2. The zero-order chi connectivity index (χ0) is 18.7. The molecule has 26 heavy (non-hydrogen) atoms. The van der Waals surface area contributed by atoms with Crippen LogP contribution in [0, 0.1) is 5.82 Å². The van der Waals surface area contributed by atoms with Crippen molar-refractivity contribution in [2.45, 2.75) is 39.2 Å². The van der Waals surface area contributed by atoms with E-state index in [2.05, 4.69) is 15.6 Å². The second kappa shape index (κ2) is 7.63. The fourth-order valence-electron chi connectivity index (χ4n) is 3.07. The maximum Gasteiger partial charge on any atom is 0.244 e. The van der Waals surface area contributed by atoms with Gasteiger partial charge in [0.05, 0.1) is 5.69 Å². The van der Waals surface area contributed by atoms with Crippen LogP contribution in [0.2, 0.25) is 0 Å². The monoisotopic (exact) mass is 359 g/mol. The molecule has 2 heterocycles. The van der Waals surface area contributed by atoms with Gasteiger partial charge in [-0.15, -0.1) is 5.10 Å². The fraction of sp³-hybridized carbons (Fsp3) is 0.444. The van der Waals surface area contributed by atoms with Gasteiger partial charge in [-0.05, 0) is 50.5 Å². The van der Waals surface area contributed by atoms with Crippen LogP contribution in [0.3, 0.4) is 0 Å². The van der Waals surface area contributed by atoms with E-state index >= 15 is 0 Å². The lowest BCUT2D eigenvalue weighted by Crippen LogP contribution is -2.44. The quantitative estimate of drug-likeness (QED) is 0.830. The van der Waals surface area contributed by atoms with Gasteiger partial charge < -0.3 is 10.2 Å². The number of Topliss-reactive ketones (excluding diaryl/α,β-unsaturated/α-hetero) is 1. The zero-order valence-corrected chi connectivity index (χ0v) is 14.9. The average Bonchev–Trinajstić information content (AvgIpc) is 3.06. The van der Waals surface area contributed by atoms with E-state index in [9.17, 15) is 14.0 Å². The van der Waals surface area contributed by atoms with Crippen LogP contribution < -0.4 is 5.32 Å². The number of amides is 1. The smallest absolute Gasteiger partial charge is 0.244 e. The summed E-state index contributed by atoms with van der Waals surface area (Å²) in [5.74, 6) is -0.324. The van der Waals surface area contributed by atoms with Crippen molar-refractivity contribution in [2.24, 2.45) is 0 Å². The summed E-state index contributed by atoms with van der Waals surface area (Å²) in [4.78, 5) is 26.4. The highest BCUT2D eigenvalue weighted by Gasteiger charge is 2.26. The van der Waals surface area contributed by atoms with Crippen LogP contribution in [0.25, 0.3) is 5.69 Å². The highest BCUT2D eigenvalue weighted by molar-refractivity contribution is 5.97. The molecule has 0 saturated carbocycles. The van der Waals surface area contributed by atoms with Crippen molar-refractivity contribution in [3.05, 3.63) is 35.8 Å². The third-order valence-electron chi connectivity index (χ3n) is 4.47.